The van der Waals surface area contributed by atoms with E-state index in [1.165, 1.54) is 7.11 Å². The molecule has 22 heavy (non-hydrogen) atoms. The van der Waals surface area contributed by atoms with Gasteiger partial charge in [-0.2, -0.15) is 18.3 Å². The van der Waals surface area contributed by atoms with Crippen LogP contribution in [0.15, 0.2) is 41.2 Å². The van der Waals surface area contributed by atoms with Gasteiger partial charge in [-0.25, -0.2) is 4.68 Å². The van der Waals surface area contributed by atoms with Crippen LogP contribution in [0.4, 0.5) is 13.2 Å². The lowest BCUT2D eigenvalue weighted by Crippen LogP contribution is -2.27. The molecule has 5 nitrogen and oxygen atoms in total. The first-order valence-corrected chi connectivity index (χ1v) is 6.32. The molecule has 0 fully saturated rings. The first kappa shape index (κ1) is 15.9. The normalized spacial score (nSPS) is 11.3. The Morgan fingerprint density at radius 1 is 1.18 bits per heavy atom. The third-order valence-electron chi connectivity index (χ3n) is 2.77. The average Bonchev–Trinajstić information content (AvgIpc) is 2.48. The highest BCUT2D eigenvalue weighted by Crippen LogP contribution is 2.26. The number of nitrogens with zero attached hydrogens (tertiary/aromatic N) is 2. The van der Waals surface area contributed by atoms with E-state index in [0.29, 0.717) is 17.6 Å². The molecule has 8 heteroatoms. The minimum Gasteiger partial charge on any atom is -0.497 e. The maximum absolute atomic E-state index is 12.5. The van der Waals surface area contributed by atoms with Crippen molar-refractivity contribution in [1.82, 2.24) is 9.78 Å². The summed E-state index contributed by atoms with van der Waals surface area (Å²) in [6.07, 6.45) is -4.59. The highest BCUT2D eigenvalue weighted by Gasteiger charge is 2.33. The Kier molecular flexibility index (Phi) is 4.69. The van der Waals surface area contributed by atoms with Crippen molar-refractivity contribution in [1.29, 1.82) is 0 Å². The second-order valence-corrected chi connectivity index (χ2v) is 4.31. The lowest BCUT2D eigenvalue weighted by molar-refractivity contribution is -0.142. The van der Waals surface area contributed by atoms with Gasteiger partial charge in [0, 0.05) is 12.1 Å². The first-order valence-electron chi connectivity index (χ1n) is 6.32. The summed E-state index contributed by atoms with van der Waals surface area (Å²) in [5, 5.41) is 3.28. The molecule has 0 N–H and O–H groups in total. The summed E-state index contributed by atoms with van der Waals surface area (Å²) < 4.78 is 48.8. The van der Waals surface area contributed by atoms with E-state index in [1.807, 2.05) is 0 Å². The zero-order valence-electron chi connectivity index (χ0n) is 11.6. The molecule has 1 aromatic heterocycles. The van der Waals surface area contributed by atoms with Gasteiger partial charge >= 0.3 is 6.18 Å². The quantitative estimate of drug-likeness (QED) is 0.850. The van der Waals surface area contributed by atoms with Crippen LogP contribution in [0.25, 0.3) is 0 Å². The number of rotatable bonds is 5. The van der Waals surface area contributed by atoms with Gasteiger partial charge in [-0.15, -0.1) is 0 Å². The van der Waals surface area contributed by atoms with Gasteiger partial charge in [0.25, 0.3) is 5.56 Å². The van der Waals surface area contributed by atoms with Crippen LogP contribution < -0.4 is 15.0 Å². The van der Waals surface area contributed by atoms with Crippen LogP contribution in [0.2, 0.25) is 0 Å². The Morgan fingerprint density at radius 2 is 1.91 bits per heavy atom. The molecule has 1 aromatic carbocycles. The second-order valence-electron chi connectivity index (χ2n) is 4.31. The topological polar surface area (TPSA) is 53.4 Å². The molecule has 0 radical (unpaired) electrons. The standard InChI is InChI=1S/C14H13F3N2O3/c1-21-10-3-2-4-11(9-10)22-8-7-19-13(20)6-5-12(18-19)14(15,16)17/h2-6,9H,7-8H2,1H3. The molecule has 2 rings (SSSR count). The summed E-state index contributed by atoms with van der Waals surface area (Å²) in [5.41, 5.74) is -1.74. The zero-order chi connectivity index (χ0) is 16.2. The lowest BCUT2D eigenvalue weighted by atomic mass is 10.3. The monoisotopic (exact) mass is 314 g/mol. The Labute approximate surface area is 123 Å². The summed E-state index contributed by atoms with van der Waals surface area (Å²) in [6.45, 7) is -0.0959. The molecule has 1 heterocycles. The highest BCUT2D eigenvalue weighted by molar-refractivity contribution is 5.32. The van der Waals surface area contributed by atoms with Gasteiger partial charge in [-0.3, -0.25) is 4.79 Å². The number of hydrogen-bond donors (Lipinski definition) is 0. The molecule has 0 aliphatic rings. The molecule has 118 valence electrons. The molecule has 0 amide bonds. The molecule has 0 atom stereocenters. The first-order chi connectivity index (χ1) is 10.4. The fourth-order valence-electron chi connectivity index (χ4n) is 1.70. The van der Waals surface area contributed by atoms with Crippen LogP contribution in [-0.2, 0) is 12.7 Å². The highest BCUT2D eigenvalue weighted by atomic mass is 19.4. The summed E-state index contributed by atoms with van der Waals surface area (Å²) in [6, 6.07) is 8.23. The number of hydrogen-bond acceptors (Lipinski definition) is 4. The minimum atomic E-state index is -4.59. The van der Waals surface area contributed by atoms with E-state index in [1.54, 1.807) is 24.3 Å². The maximum Gasteiger partial charge on any atom is 0.435 e. The van der Waals surface area contributed by atoms with E-state index in [9.17, 15) is 18.0 Å². The van der Waals surface area contributed by atoms with Crippen molar-refractivity contribution in [3.05, 3.63) is 52.4 Å². The van der Waals surface area contributed by atoms with E-state index in [0.717, 1.165) is 10.7 Å². The van der Waals surface area contributed by atoms with Gasteiger partial charge in [0.1, 0.15) is 18.1 Å². The van der Waals surface area contributed by atoms with Crippen molar-refractivity contribution in [2.45, 2.75) is 12.7 Å². The summed E-state index contributed by atoms with van der Waals surface area (Å²) in [4.78, 5) is 11.5. The maximum atomic E-state index is 12.5. The molecule has 0 saturated carbocycles. The van der Waals surface area contributed by atoms with Crippen LogP contribution >= 0.6 is 0 Å². The average molecular weight is 314 g/mol. The summed E-state index contributed by atoms with van der Waals surface area (Å²) in [7, 11) is 1.51. The van der Waals surface area contributed by atoms with E-state index in [-0.39, 0.29) is 13.2 Å². The van der Waals surface area contributed by atoms with Crippen molar-refractivity contribution in [2.24, 2.45) is 0 Å². The third kappa shape index (κ3) is 4.00. The van der Waals surface area contributed by atoms with Gasteiger partial charge in [0.15, 0.2) is 5.69 Å². The lowest BCUT2D eigenvalue weighted by Gasteiger charge is -2.10. The van der Waals surface area contributed by atoms with Crippen molar-refractivity contribution >= 4 is 0 Å². The second kappa shape index (κ2) is 6.50. The predicted octanol–water partition coefficient (Wildman–Crippen LogP) is 2.35. The van der Waals surface area contributed by atoms with Crippen LogP contribution in [-0.4, -0.2) is 23.5 Å². The van der Waals surface area contributed by atoms with E-state index >= 15 is 0 Å². The molecular formula is C14H13F3N2O3. The molecular weight excluding hydrogens is 301 g/mol. The SMILES string of the molecule is COc1cccc(OCCn2nc(C(F)(F)F)ccc2=O)c1. The third-order valence-corrected chi connectivity index (χ3v) is 2.77. The number of methoxy groups -OCH3 is 1. The van der Waals surface area contributed by atoms with Crippen LogP contribution in [0.5, 0.6) is 11.5 Å². The fourth-order valence-corrected chi connectivity index (χ4v) is 1.70. The van der Waals surface area contributed by atoms with Gasteiger partial charge in [-0.05, 0) is 18.2 Å². The van der Waals surface area contributed by atoms with Crippen LogP contribution in [0.1, 0.15) is 5.69 Å². The summed E-state index contributed by atoms with van der Waals surface area (Å²) in [5.74, 6) is 1.08. The number of halogens is 3. The molecule has 0 bridgehead atoms. The largest absolute Gasteiger partial charge is 0.497 e. The molecule has 0 saturated heterocycles. The zero-order valence-corrected chi connectivity index (χ0v) is 11.6. The molecule has 0 aliphatic heterocycles. The van der Waals surface area contributed by atoms with Crippen molar-refractivity contribution in [3.8, 4) is 11.5 Å². The fraction of sp³-hybridized carbons (Fsp3) is 0.286. The minimum absolute atomic E-state index is 0.00137. The van der Waals surface area contributed by atoms with Gasteiger partial charge in [0.05, 0.1) is 13.7 Å². The molecule has 0 unspecified atom stereocenters. The van der Waals surface area contributed by atoms with Crippen molar-refractivity contribution < 1.29 is 22.6 Å². The summed E-state index contributed by atoms with van der Waals surface area (Å²) >= 11 is 0. The Balaban J connectivity index is 2.03. The number of benzene rings is 1. The van der Waals surface area contributed by atoms with Gasteiger partial charge < -0.3 is 9.47 Å². The molecule has 0 aliphatic carbocycles. The Bertz CT molecular complexity index is 698. The molecule has 2 aromatic rings. The van der Waals surface area contributed by atoms with Crippen molar-refractivity contribution in [3.63, 3.8) is 0 Å². The number of ether oxygens (including phenoxy) is 2. The van der Waals surface area contributed by atoms with E-state index in [2.05, 4.69) is 5.10 Å². The Morgan fingerprint density at radius 3 is 2.59 bits per heavy atom. The Hall–Kier alpha value is -2.51. The predicted molar refractivity (Wildman–Crippen MR) is 72.0 cm³/mol. The number of aromatic nitrogens is 2. The molecule has 0 spiro atoms. The van der Waals surface area contributed by atoms with E-state index in [4.69, 9.17) is 9.47 Å². The number of alkyl halides is 3. The van der Waals surface area contributed by atoms with Crippen LogP contribution in [0, 0.1) is 0 Å². The van der Waals surface area contributed by atoms with Crippen molar-refractivity contribution in [2.75, 3.05) is 13.7 Å². The van der Waals surface area contributed by atoms with Gasteiger partial charge in [-0.1, -0.05) is 6.07 Å². The van der Waals surface area contributed by atoms with E-state index < -0.39 is 17.4 Å². The van der Waals surface area contributed by atoms with Gasteiger partial charge in [0.2, 0.25) is 0 Å². The smallest absolute Gasteiger partial charge is 0.435 e. The van der Waals surface area contributed by atoms with Crippen LogP contribution in [0.3, 0.4) is 0 Å².